The molecule has 10 aromatic rings. The second kappa shape index (κ2) is 18.1. The molecular formula is C72H74BN3OS. The Morgan fingerprint density at radius 2 is 0.859 bits per heavy atom. The molecule has 6 heteroatoms. The minimum absolute atomic E-state index is 0.00582. The van der Waals surface area contributed by atoms with Crippen LogP contribution in [0.4, 0.5) is 51.4 Å². The average molecular weight is 1040 g/mol. The zero-order chi connectivity index (χ0) is 55.0. The number of hydrogen-bond acceptors (Lipinski definition) is 5. The van der Waals surface area contributed by atoms with Gasteiger partial charge < -0.3 is 14.2 Å². The highest BCUT2D eigenvalue weighted by Crippen LogP contribution is 2.53. The Hall–Kier alpha value is -7.28. The Bertz CT molecular complexity index is 3850. The van der Waals surface area contributed by atoms with Gasteiger partial charge in [0.25, 0.3) is 6.71 Å². The minimum Gasteiger partial charge on any atom is -0.440 e. The van der Waals surface area contributed by atoms with Crippen LogP contribution < -0.4 is 30.4 Å². The average Bonchev–Trinajstić information content (AvgIpc) is 4.18. The second-order valence-corrected chi connectivity index (χ2v) is 28.3. The molecule has 12 rings (SSSR count). The van der Waals surface area contributed by atoms with Gasteiger partial charge in [-0.05, 0) is 156 Å². The van der Waals surface area contributed by atoms with Crippen molar-refractivity contribution in [2.75, 3.05) is 14.7 Å². The molecule has 4 nitrogen and oxygen atoms in total. The molecule has 2 aliphatic heterocycles. The van der Waals surface area contributed by atoms with E-state index < -0.39 is 0 Å². The van der Waals surface area contributed by atoms with Crippen molar-refractivity contribution in [3.63, 3.8) is 0 Å². The monoisotopic (exact) mass is 1040 g/mol. The van der Waals surface area contributed by atoms with Crippen LogP contribution >= 0.6 is 11.3 Å². The highest BCUT2D eigenvalue weighted by Gasteiger charge is 2.49. The fraction of sp³-hybridized carbons (Fsp3) is 0.278. The molecule has 0 spiro atoms. The van der Waals surface area contributed by atoms with E-state index in [1.54, 1.807) is 0 Å². The van der Waals surface area contributed by atoms with Gasteiger partial charge in [-0.3, -0.25) is 4.90 Å². The summed E-state index contributed by atoms with van der Waals surface area (Å²) in [7, 11) is 0. The van der Waals surface area contributed by atoms with Crippen molar-refractivity contribution in [1.82, 2.24) is 0 Å². The Balaban J connectivity index is 1.23. The second-order valence-electron chi connectivity index (χ2n) is 27.2. The standard InChI is InChI=1S/C72H74BN3OS/c1-68(2,3)47-22-31-52(32-23-47)74(53-33-24-48(25-34-53)69(4,5)6)56-43-59-64-60(44-56)76(55-37-28-50(29-38-55)71(10,11)12)67-63(57-42-51(72(13,14)15)30-39-61(57)77-67)73(64)66-65(75(59)54-35-26-49(27-36-54)70(7,8)9)58-41-46(21-40-62(58)78-66)45-19-17-16-18-20-45/h16-44H,1-15H3. The first-order valence-corrected chi connectivity index (χ1v) is 28.8. The normalized spacial score (nSPS) is 13.8. The zero-order valence-electron chi connectivity index (χ0n) is 48.5. The third-order valence-electron chi connectivity index (χ3n) is 16.5. The van der Waals surface area contributed by atoms with Gasteiger partial charge in [0.15, 0.2) is 0 Å². The van der Waals surface area contributed by atoms with E-state index in [0.717, 1.165) is 56.7 Å². The van der Waals surface area contributed by atoms with Crippen molar-refractivity contribution in [2.45, 2.75) is 131 Å². The van der Waals surface area contributed by atoms with Gasteiger partial charge in [-0.2, -0.15) is 0 Å². The molecule has 8 aromatic carbocycles. The van der Waals surface area contributed by atoms with Crippen LogP contribution in [-0.4, -0.2) is 6.71 Å². The van der Waals surface area contributed by atoms with E-state index in [-0.39, 0.29) is 33.8 Å². The summed E-state index contributed by atoms with van der Waals surface area (Å²) in [5.74, 6) is 0.868. The van der Waals surface area contributed by atoms with Crippen LogP contribution in [0.3, 0.4) is 0 Å². The number of benzene rings is 8. The quantitative estimate of drug-likeness (QED) is 0.155. The van der Waals surface area contributed by atoms with E-state index in [4.69, 9.17) is 4.42 Å². The lowest BCUT2D eigenvalue weighted by Gasteiger charge is -2.42. The van der Waals surface area contributed by atoms with Crippen LogP contribution in [0.5, 0.6) is 0 Å². The predicted molar refractivity (Wildman–Crippen MR) is 339 cm³/mol. The SMILES string of the molecule is CC(C)(C)c1ccc(N(c2ccc(C(C)(C)C)cc2)c2cc3c4c(c2)N(c2ccc(C(C)(C)C)cc2)c2c(sc5ccc(-c6ccccc6)cc25)B4c2c(oc4ccc(C(C)(C)C)cc24)N3c2ccc(C(C)(C)C)cc2)cc1. The number of furan rings is 1. The summed E-state index contributed by atoms with van der Waals surface area (Å²) in [6.45, 7) is 34.4. The predicted octanol–water partition coefficient (Wildman–Crippen LogP) is 19.4. The maximum atomic E-state index is 7.46. The van der Waals surface area contributed by atoms with Crippen LogP contribution in [0.2, 0.25) is 0 Å². The molecule has 0 amide bonds. The molecule has 0 bridgehead atoms. The first-order valence-electron chi connectivity index (χ1n) is 28.0. The van der Waals surface area contributed by atoms with Crippen molar-refractivity contribution in [3.8, 4) is 11.1 Å². The molecule has 0 unspecified atom stereocenters. The van der Waals surface area contributed by atoms with Crippen LogP contribution in [0.15, 0.2) is 180 Å². The molecule has 0 N–H and O–H groups in total. The van der Waals surface area contributed by atoms with E-state index in [0.29, 0.717) is 0 Å². The van der Waals surface area contributed by atoms with Crippen molar-refractivity contribution >= 4 is 106 Å². The molecular weight excluding hydrogens is 966 g/mol. The highest BCUT2D eigenvalue weighted by molar-refractivity contribution is 7.34. The molecule has 0 saturated carbocycles. The highest BCUT2D eigenvalue weighted by atomic mass is 32.1. The van der Waals surface area contributed by atoms with Gasteiger partial charge in [0.2, 0.25) is 5.88 Å². The van der Waals surface area contributed by atoms with E-state index in [2.05, 4.69) is 294 Å². The molecule has 78 heavy (non-hydrogen) atoms. The molecule has 0 fully saturated rings. The Labute approximate surface area is 468 Å². The van der Waals surface area contributed by atoms with Gasteiger partial charge in [-0.1, -0.05) is 195 Å². The summed E-state index contributed by atoms with van der Waals surface area (Å²) < 4.78 is 10.0. The summed E-state index contributed by atoms with van der Waals surface area (Å²) in [5.41, 5.74) is 21.0. The molecule has 0 radical (unpaired) electrons. The molecule has 4 heterocycles. The van der Waals surface area contributed by atoms with E-state index >= 15 is 0 Å². The minimum atomic E-state index is -0.149. The summed E-state index contributed by atoms with van der Waals surface area (Å²) in [6, 6.07) is 67.1. The summed E-state index contributed by atoms with van der Waals surface area (Å²) in [4.78, 5) is 7.55. The third-order valence-corrected chi connectivity index (χ3v) is 17.7. The molecule has 0 atom stereocenters. The maximum Gasteiger partial charge on any atom is 0.269 e. The molecule has 392 valence electrons. The maximum absolute atomic E-state index is 7.46. The van der Waals surface area contributed by atoms with Crippen LogP contribution in [-0.2, 0) is 27.1 Å². The number of rotatable bonds is 6. The van der Waals surface area contributed by atoms with Gasteiger partial charge in [-0.25, -0.2) is 0 Å². The van der Waals surface area contributed by atoms with Gasteiger partial charge in [0, 0.05) is 59.8 Å². The van der Waals surface area contributed by atoms with Crippen LogP contribution in [0, 0.1) is 0 Å². The van der Waals surface area contributed by atoms with Crippen LogP contribution in [0.25, 0.3) is 32.2 Å². The Morgan fingerprint density at radius 1 is 0.397 bits per heavy atom. The number of fused-ring (bicyclic) bond motifs is 8. The fourth-order valence-corrected chi connectivity index (χ4v) is 13.1. The smallest absolute Gasteiger partial charge is 0.269 e. The van der Waals surface area contributed by atoms with Crippen molar-refractivity contribution < 1.29 is 4.42 Å². The van der Waals surface area contributed by atoms with E-state index in [1.807, 2.05) is 11.3 Å². The van der Waals surface area contributed by atoms with Gasteiger partial charge in [-0.15, -0.1) is 11.3 Å². The summed E-state index contributed by atoms with van der Waals surface area (Å²) in [6.07, 6.45) is 0. The van der Waals surface area contributed by atoms with Gasteiger partial charge in [0.1, 0.15) is 5.58 Å². The fourth-order valence-electron chi connectivity index (χ4n) is 11.8. The van der Waals surface area contributed by atoms with Crippen molar-refractivity contribution in [1.29, 1.82) is 0 Å². The van der Waals surface area contributed by atoms with E-state index in [1.165, 1.54) is 70.4 Å². The van der Waals surface area contributed by atoms with Crippen molar-refractivity contribution in [2.24, 2.45) is 0 Å². The van der Waals surface area contributed by atoms with E-state index in [9.17, 15) is 0 Å². The van der Waals surface area contributed by atoms with Crippen molar-refractivity contribution in [3.05, 3.63) is 204 Å². The number of thiophene rings is 1. The lowest BCUT2D eigenvalue weighted by atomic mass is 9.36. The topological polar surface area (TPSA) is 22.9 Å². The summed E-state index contributed by atoms with van der Waals surface area (Å²) in [5, 5.41) is 2.40. The van der Waals surface area contributed by atoms with Gasteiger partial charge >= 0.3 is 0 Å². The van der Waals surface area contributed by atoms with Gasteiger partial charge in [0.05, 0.1) is 11.4 Å². The molecule has 0 saturated heterocycles. The Kier molecular flexibility index (Phi) is 12.0. The number of hydrogen-bond donors (Lipinski definition) is 0. The first-order chi connectivity index (χ1) is 36.8. The number of nitrogens with zero attached hydrogens (tertiary/aromatic N) is 3. The lowest BCUT2D eigenvalue weighted by Crippen LogP contribution is -2.60. The lowest BCUT2D eigenvalue weighted by molar-refractivity contribution is 0.589. The first kappa shape index (κ1) is 51.5. The number of anilines is 9. The zero-order valence-corrected chi connectivity index (χ0v) is 49.3. The third kappa shape index (κ3) is 8.85. The molecule has 2 aromatic heterocycles. The largest absolute Gasteiger partial charge is 0.440 e. The Morgan fingerprint density at radius 3 is 1.36 bits per heavy atom. The van der Waals surface area contributed by atoms with Crippen LogP contribution in [0.1, 0.15) is 132 Å². The molecule has 2 aliphatic rings. The molecule has 0 aliphatic carbocycles. The summed E-state index contributed by atoms with van der Waals surface area (Å²) >= 11 is 1.93.